The summed E-state index contributed by atoms with van der Waals surface area (Å²) in [5.74, 6) is 3.94. The van der Waals surface area contributed by atoms with E-state index in [2.05, 4.69) is 10.6 Å². The third-order valence-corrected chi connectivity index (χ3v) is 5.85. The lowest BCUT2D eigenvalue weighted by Gasteiger charge is -2.27. The van der Waals surface area contributed by atoms with Crippen LogP contribution in [0.15, 0.2) is 24.3 Å². The number of urea groups is 2. The quantitative estimate of drug-likeness (QED) is 0.845. The number of benzene rings is 1. The first kappa shape index (κ1) is 17.3. The maximum Gasteiger partial charge on any atom is 0.321 e. The second-order valence-corrected chi connectivity index (χ2v) is 8.09. The minimum atomic E-state index is -0.0770. The number of amides is 4. The molecule has 0 atom stereocenters. The number of rotatable bonds is 2. The molecule has 2 fully saturated rings. The summed E-state index contributed by atoms with van der Waals surface area (Å²) in [6, 6.07) is 7.16. The van der Waals surface area contributed by atoms with Crippen molar-refractivity contribution in [2.24, 2.45) is 0 Å². The summed E-state index contributed by atoms with van der Waals surface area (Å²) in [4.78, 5) is 28.2. The number of carbonyl (C=O) groups excluding carboxylic acids is 2. The predicted molar refractivity (Wildman–Crippen MR) is 102 cm³/mol. The lowest BCUT2D eigenvalue weighted by molar-refractivity contribution is 0.216. The molecule has 0 spiro atoms. The molecule has 2 aliphatic rings. The van der Waals surface area contributed by atoms with Gasteiger partial charge >= 0.3 is 12.1 Å². The molecule has 4 amide bonds. The van der Waals surface area contributed by atoms with E-state index < -0.39 is 0 Å². The number of anilines is 2. The molecule has 0 aromatic heterocycles. The lowest BCUT2D eigenvalue weighted by Crippen LogP contribution is -2.41. The van der Waals surface area contributed by atoms with E-state index in [-0.39, 0.29) is 12.1 Å². The van der Waals surface area contributed by atoms with Crippen LogP contribution in [0.1, 0.15) is 0 Å². The van der Waals surface area contributed by atoms with E-state index in [1.807, 2.05) is 51.5 Å². The van der Waals surface area contributed by atoms with Crippen LogP contribution in [0.3, 0.4) is 0 Å². The Kier molecular flexibility index (Phi) is 6.14. The first-order valence-electron chi connectivity index (χ1n) is 8.10. The van der Waals surface area contributed by atoms with E-state index in [9.17, 15) is 9.59 Å². The van der Waals surface area contributed by atoms with E-state index in [1.165, 1.54) is 0 Å². The summed E-state index contributed by atoms with van der Waals surface area (Å²) in [5.41, 5.74) is 1.40. The molecule has 0 radical (unpaired) electrons. The van der Waals surface area contributed by atoms with Crippen molar-refractivity contribution in [2.75, 3.05) is 59.8 Å². The third kappa shape index (κ3) is 4.73. The maximum atomic E-state index is 12.3. The normalized spacial score (nSPS) is 18.2. The highest BCUT2D eigenvalue weighted by Crippen LogP contribution is 2.18. The molecule has 3 rings (SSSR count). The van der Waals surface area contributed by atoms with Crippen molar-refractivity contribution in [2.45, 2.75) is 0 Å². The van der Waals surface area contributed by atoms with Gasteiger partial charge in [-0.3, -0.25) is 0 Å². The van der Waals surface area contributed by atoms with E-state index in [1.54, 1.807) is 6.07 Å². The van der Waals surface area contributed by atoms with Gasteiger partial charge in [0, 0.05) is 60.6 Å². The average Bonchev–Trinajstić information content (AvgIpc) is 2.63. The lowest BCUT2D eigenvalue weighted by atomic mass is 10.2. The van der Waals surface area contributed by atoms with Crippen molar-refractivity contribution in [3.63, 3.8) is 0 Å². The molecule has 24 heavy (non-hydrogen) atoms. The number of thioether (sulfide) groups is 2. The van der Waals surface area contributed by atoms with Gasteiger partial charge in [-0.25, -0.2) is 9.59 Å². The Balaban J connectivity index is 1.57. The zero-order valence-electron chi connectivity index (χ0n) is 13.5. The fourth-order valence-corrected chi connectivity index (χ4v) is 4.42. The van der Waals surface area contributed by atoms with Crippen LogP contribution in [-0.4, -0.2) is 71.1 Å². The van der Waals surface area contributed by atoms with Crippen LogP contribution in [0.2, 0.25) is 0 Å². The van der Waals surface area contributed by atoms with Gasteiger partial charge in [0.25, 0.3) is 0 Å². The Hall–Kier alpha value is -1.54. The van der Waals surface area contributed by atoms with Crippen molar-refractivity contribution in [3.8, 4) is 0 Å². The Morgan fingerprint density at radius 1 is 0.792 bits per heavy atom. The fourth-order valence-electron chi connectivity index (χ4n) is 2.61. The monoisotopic (exact) mass is 366 g/mol. The van der Waals surface area contributed by atoms with Crippen LogP contribution in [0.25, 0.3) is 0 Å². The minimum Gasteiger partial charge on any atom is -0.323 e. The Bertz CT molecular complexity index is 540. The van der Waals surface area contributed by atoms with Crippen LogP contribution in [0.4, 0.5) is 21.0 Å². The Morgan fingerprint density at radius 2 is 1.21 bits per heavy atom. The molecule has 0 unspecified atom stereocenters. The van der Waals surface area contributed by atoms with Crippen molar-refractivity contribution >= 4 is 47.0 Å². The van der Waals surface area contributed by atoms with Crippen LogP contribution in [0, 0.1) is 0 Å². The SMILES string of the molecule is O=C(Nc1cccc(NC(=O)N2CCSCC2)c1)N1CCSCC1. The Labute approximate surface area is 150 Å². The standard InChI is InChI=1S/C16H22N4O2S2/c21-15(19-4-8-23-9-5-19)17-13-2-1-3-14(12-13)18-16(22)20-6-10-24-11-7-20/h1-3,12H,4-11H2,(H,17,21)(H,18,22). The second-order valence-electron chi connectivity index (χ2n) is 5.64. The first-order chi connectivity index (χ1) is 11.7. The number of carbonyl (C=O) groups is 2. The van der Waals surface area contributed by atoms with Gasteiger partial charge in [0.1, 0.15) is 0 Å². The fraction of sp³-hybridized carbons (Fsp3) is 0.500. The van der Waals surface area contributed by atoms with E-state index >= 15 is 0 Å². The van der Waals surface area contributed by atoms with Crippen LogP contribution in [-0.2, 0) is 0 Å². The minimum absolute atomic E-state index is 0.0770. The first-order valence-corrected chi connectivity index (χ1v) is 10.4. The summed E-state index contributed by atoms with van der Waals surface area (Å²) < 4.78 is 0. The summed E-state index contributed by atoms with van der Waals surface area (Å²) in [6.07, 6.45) is 0. The van der Waals surface area contributed by atoms with Gasteiger partial charge in [-0.15, -0.1) is 0 Å². The maximum absolute atomic E-state index is 12.3. The van der Waals surface area contributed by atoms with Gasteiger partial charge in [-0.05, 0) is 18.2 Å². The van der Waals surface area contributed by atoms with E-state index in [4.69, 9.17) is 0 Å². The molecular formula is C16H22N4O2S2. The van der Waals surface area contributed by atoms with E-state index in [0.29, 0.717) is 11.4 Å². The molecule has 0 bridgehead atoms. The van der Waals surface area contributed by atoms with Crippen molar-refractivity contribution in [1.82, 2.24) is 9.80 Å². The zero-order chi connectivity index (χ0) is 16.8. The number of hydrogen-bond acceptors (Lipinski definition) is 4. The van der Waals surface area contributed by atoms with Gasteiger partial charge in [-0.2, -0.15) is 23.5 Å². The van der Waals surface area contributed by atoms with Crippen molar-refractivity contribution in [1.29, 1.82) is 0 Å². The molecule has 2 heterocycles. The average molecular weight is 367 g/mol. The van der Waals surface area contributed by atoms with Gasteiger partial charge < -0.3 is 20.4 Å². The molecule has 2 N–H and O–H groups in total. The molecule has 1 aromatic rings. The zero-order valence-corrected chi connectivity index (χ0v) is 15.1. The summed E-state index contributed by atoms with van der Waals surface area (Å²) in [6.45, 7) is 3.11. The predicted octanol–water partition coefficient (Wildman–Crippen LogP) is 2.85. The summed E-state index contributed by atoms with van der Waals surface area (Å²) in [7, 11) is 0. The number of hydrogen-bond donors (Lipinski definition) is 2. The highest BCUT2D eigenvalue weighted by molar-refractivity contribution is 7.99. The van der Waals surface area contributed by atoms with E-state index in [0.717, 1.165) is 49.2 Å². The van der Waals surface area contributed by atoms with Crippen LogP contribution in [0.5, 0.6) is 0 Å². The summed E-state index contributed by atoms with van der Waals surface area (Å²) >= 11 is 3.74. The Morgan fingerprint density at radius 3 is 1.62 bits per heavy atom. The molecule has 1 aromatic carbocycles. The number of nitrogens with zero attached hydrogens (tertiary/aromatic N) is 2. The van der Waals surface area contributed by atoms with Gasteiger partial charge in [0.05, 0.1) is 0 Å². The van der Waals surface area contributed by atoms with Crippen LogP contribution >= 0.6 is 23.5 Å². The molecule has 8 heteroatoms. The topological polar surface area (TPSA) is 64.7 Å². The second kappa shape index (κ2) is 8.53. The molecule has 0 saturated carbocycles. The molecule has 2 aliphatic heterocycles. The largest absolute Gasteiger partial charge is 0.323 e. The highest BCUT2D eigenvalue weighted by atomic mass is 32.2. The highest BCUT2D eigenvalue weighted by Gasteiger charge is 2.18. The van der Waals surface area contributed by atoms with Gasteiger partial charge in [0.2, 0.25) is 0 Å². The molecule has 6 nitrogen and oxygen atoms in total. The smallest absolute Gasteiger partial charge is 0.321 e. The third-order valence-electron chi connectivity index (χ3n) is 3.96. The van der Waals surface area contributed by atoms with Gasteiger partial charge in [-0.1, -0.05) is 6.07 Å². The molecular weight excluding hydrogens is 344 g/mol. The molecule has 2 saturated heterocycles. The molecule has 130 valence electrons. The summed E-state index contributed by atoms with van der Waals surface area (Å²) in [5, 5.41) is 5.83. The number of nitrogens with one attached hydrogen (secondary N) is 2. The van der Waals surface area contributed by atoms with Crippen molar-refractivity contribution in [3.05, 3.63) is 24.3 Å². The molecule has 0 aliphatic carbocycles. The van der Waals surface area contributed by atoms with Crippen LogP contribution < -0.4 is 10.6 Å². The van der Waals surface area contributed by atoms with Crippen molar-refractivity contribution < 1.29 is 9.59 Å². The van der Waals surface area contributed by atoms with Gasteiger partial charge in [0.15, 0.2) is 0 Å².